The van der Waals surface area contributed by atoms with Gasteiger partial charge in [-0.15, -0.1) is 5.92 Å². The van der Waals surface area contributed by atoms with E-state index in [-0.39, 0.29) is 12.3 Å². The van der Waals surface area contributed by atoms with Gasteiger partial charge in [0, 0.05) is 6.42 Å². The van der Waals surface area contributed by atoms with Gasteiger partial charge >= 0.3 is 5.97 Å². The summed E-state index contributed by atoms with van der Waals surface area (Å²) in [6.07, 6.45) is 5.22. The molecule has 0 aromatic heterocycles. The highest BCUT2D eigenvalue weighted by atomic mass is 16.4. The van der Waals surface area contributed by atoms with Crippen LogP contribution in [0.3, 0.4) is 0 Å². The van der Waals surface area contributed by atoms with E-state index >= 15 is 0 Å². The van der Waals surface area contributed by atoms with E-state index in [1.165, 1.54) is 0 Å². The smallest absolute Gasteiger partial charge is 0.310 e. The van der Waals surface area contributed by atoms with Crippen molar-refractivity contribution in [1.29, 1.82) is 0 Å². The number of aliphatic carboxylic acids is 1. The van der Waals surface area contributed by atoms with Gasteiger partial charge in [0.1, 0.15) is 0 Å². The highest BCUT2D eigenvalue weighted by Crippen LogP contribution is 2.38. The summed E-state index contributed by atoms with van der Waals surface area (Å²) in [6.45, 7) is 2.00. The highest BCUT2D eigenvalue weighted by molar-refractivity contribution is 5.85. The molecule has 2 N–H and O–H groups in total. The first-order valence-corrected chi connectivity index (χ1v) is 6.50. The van der Waals surface area contributed by atoms with Crippen molar-refractivity contribution in [3.05, 3.63) is 0 Å². The molecule has 0 spiro atoms. The standard InChI is InChI=1S/C14H21NO3/c1-2-3-10-15-12(16)11-14(13(17)18)8-6-4-5-7-9-14/h4-11H2,1H3,(H,15,16)(H,17,18). The molecule has 4 nitrogen and oxygen atoms in total. The molecule has 1 rings (SSSR count). The summed E-state index contributed by atoms with van der Waals surface area (Å²) >= 11 is 0. The fraction of sp³-hybridized carbons (Fsp3) is 0.714. The number of rotatable bonds is 4. The minimum absolute atomic E-state index is 0.0771. The van der Waals surface area contributed by atoms with E-state index in [9.17, 15) is 14.7 Å². The Bertz CT molecular complexity index is 357. The summed E-state index contributed by atoms with van der Waals surface area (Å²) in [5, 5.41) is 12.1. The van der Waals surface area contributed by atoms with Gasteiger partial charge in [-0.3, -0.25) is 9.59 Å². The van der Waals surface area contributed by atoms with Crippen LogP contribution in [0.25, 0.3) is 0 Å². The molecule has 18 heavy (non-hydrogen) atoms. The third-order valence-corrected chi connectivity index (χ3v) is 3.56. The quantitative estimate of drug-likeness (QED) is 0.592. The molecule has 1 saturated carbocycles. The second-order valence-electron chi connectivity index (χ2n) is 4.88. The van der Waals surface area contributed by atoms with Gasteiger partial charge in [-0.05, 0) is 19.8 Å². The van der Waals surface area contributed by atoms with Gasteiger partial charge in [-0.25, -0.2) is 0 Å². The predicted molar refractivity (Wildman–Crippen MR) is 68.8 cm³/mol. The first-order valence-electron chi connectivity index (χ1n) is 6.50. The van der Waals surface area contributed by atoms with E-state index in [1.54, 1.807) is 6.92 Å². The molecule has 1 aliphatic carbocycles. The van der Waals surface area contributed by atoms with Gasteiger partial charge in [0.25, 0.3) is 0 Å². The van der Waals surface area contributed by atoms with Gasteiger partial charge in [-0.1, -0.05) is 31.6 Å². The number of carboxylic acid groups (broad SMARTS) is 1. The SMILES string of the molecule is CC#CCNC(=O)CC1(C(=O)O)CCCCCC1. The molecule has 0 aromatic carbocycles. The molecular weight excluding hydrogens is 230 g/mol. The van der Waals surface area contributed by atoms with Crippen LogP contribution in [-0.4, -0.2) is 23.5 Å². The minimum atomic E-state index is -0.861. The number of hydrogen-bond acceptors (Lipinski definition) is 2. The van der Waals surface area contributed by atoms with Crippen LogP contribution < -0.4 is 5.32 Å². The average Bonchev–Trinajstić information content (AvgIpc) is 2.56. The molecule has 0 aromatic rings. The van der Waals surface area contributed by atoms with Crippen LogP contribution in [0.15, 0.2) is 0 Å². The van der Waals surface area contributed by atoms with Gasteiger partial charge in [0.05, 0.1) is 12.0 Å². The molecule has 1 amide bonds. The van der Waals surface area contributed by atoms with Crippen molar-refractivity contribution in [3.63, 3.8) is 0 Å². The van der Waals surface area contributed by atoms with Crippen molar-refractivity contribution in [2.45, 2.75) is 51.9 Å². The zero-order valence-electron chi connectivity index (χ0n) is 10.9. The van der Waals surface area contributed by atoms with E-state index in [2.05, 4.69) is 17.2 Å². The molecule has 0 atom stereocenters. The first-order chi connectivity index (χ1) is 8.60. The number of carboxylic acids is 1. The maximum Gasteiger partial charge on any atom is 0.310 e. The Labute approximate surface area is 108 Å². The molecule has 0 saturated heterocycles. The Kier molecular flexibility index (Phi) is 5.70. The number of hydrogen-bond donors (Lipinski definition) is 2. The molecular formula is C14H21NO3. The number of amides is 1. The lowest BCUT2D eigenvalue weighted by Crippen LogP contribution is -2.37. The zero-order chi connectivity index (χ0) is 13.4. The van der Waals surface area contributed by atoms with Gasteiger partial charge in [-0.2, -0.15) is 0 Å². The molecule has 0 aliphatic heterocycles. The topological polar surface area (TPSA) is 66.4 Å². The molecule has 0 unspecified atom stereocenters. The Morgan fingerprint density at radius 3 is 2.33 bits per heavy atom. The largest absolute Gasteiger partial charge is 0.481 e. The molecule has 1 aliphatic rings. The Balaban J connectivity index is 2.63. The van der Waals surface area contributed by atoms with E-state index in [1.807, 2.05) is 0 Å². The molecule has 1 fully saturated rings. The van der Waals surface area contributed by atoms with Gasteiger partial charge in [0.15, 0.2) is 0 Å². The summed E-state index contributed by atoms with van der Waals surface area (Å²) in [5.41, 5.74) is -0.861. The summed E-state index contributed by atoms with van der Waals surface area (Å²) in [6, 6.07) is 0. The van der Waals surface area contributed by atoms with E-state index in [0.717, 1.165) is 25.7 Å². The van der Waals surface area contributed by atoms with Gasteiger partial charge < -0.3 is 10.4 Å². The number of carbonyl (C=O) groups is 2. The van der Waals surface area contributed by atoms with Crippen molar-refractivity contribution in [2.75, 3.05) is 6.54 Å². The summed E-state index contributed by atoms with van der Waals surface area (Å²) in [4.78, 5) is 23.3. The van der Waals surface area contributed by atoms with Crippen LogP contribution in [-0.2, 0) is 9.59 Å². The summed E-state index contributed by atoms with van der Waals surface area (Å²) in [5.74, 6) is 4.39. The molecule has 0 radical (unpaired) electrons. The lowest BCUT2D eigenvalue weighted by atomic mass is 9.77. The predicted octanol–water partition coefficient (Wildman–Crippen LogP) is 1.94. The second kappa shape index (κ2) is 7.05. The van der Waals surface area contributed by atoms with Crippen LogP contribution in [0, 0.1) is 17.3 Å². The van der Waals surface area contributed by atoms with Crippen LogP contribution in [0.1, 0.15) is 51.9 Å². The van der Waals surface area contributed by atoms with E-state index in [0.29, 0.717) is 19.4 Å². The molecule has 0 bridgehead atoms. The van der Waals surface area contributed by atoms with Crippen molar-refractivity contribution >= 4 is 11.9 Å². The maximum atomic E-state index is 11.8. The van der Waals surface area contributed by atoms with Gasteiger partial charge in [0.2, 0.25) is 5.91 Å². The fourth-order valence-corrected chi connectivity index (χ4v) is 2.47. The zero-order valence-corrected chi connectivity index (χ0v) is 10.9. The lowest BCUT2D eigenvalue weighted by Gasteiger charge is -2.27. The number of nitrogens with one attached hydrogen (secondary N) is 1. The third kappa shape index (κ3) is 4.06. The van der Waals surface area contributed by atoms with E-state index < -0.39 is 11.4 Å². The maximum absolute atomic E-state index is 11.8. The normalized spacial score (nSPS) is 18.1. The van der Waals surface area contributed by atoms with Crippen molar-refractivity contribution in [3.8, 4) is 11.8 Å². The van der Waals surface area contributed by atoms with Crippen molar-refractivity contribution in [2.24, 2.45) is 5.41 Å². The van der Waals surface area contributed by atoms with Crippen LogP contribution in [0.2, 0.25) is 0 Å². The lowest BCUT2D eigenvalue weighted by molar-refractivity contribution is -0.152. The fourth-order valence-electron chi connectivity index (χ4n) is 2.47. The van der Waals surface area contributed by atoms with Crippen molar-refractivity contribution in [1.82, 2.24) is 5.32 Å². The second-order valence-corrected chi connectivity index (χ2v) is 4.88. The third-order valence-electron chi connectivity index (χ3n) is 3.56. The Morgan fingerprint density at radius 2 is 1.83 bits per heavy atom. The summed E-state index contributed by atoms with van der Waals surface area (Å²) in [7, 11) is 0. The average molecular weight is 251 g/mol. The number of carbonyl (C=O) groups excluding carboxylic acids is 1. The van der Waals surface area contributed by atoms with Crippen LogP contribution >= 0.6 is 0 Å². The molecule has 4 heteroatoms. The first kappa shape index (κ1) is 14.6. The Morgan fingerprint density at radius 1 is 1.22 bits per heavy atom. The minimum Gasteiger partial charge on any atom is -0.481 e. The molecule has 100 valence electrons. The Hall–Kier alpha value is -1.50. The van der Waals surface area contributed by atoms with Crippen LogP contribution in [0.4, 0.5) is 0 Å². The van der Waals surface area contributed by atoms with E-state index in [4.69, 9.17) is 0 Å². The monoisotopic (exact) mass is 251 g/mol. The molecule has 0 heterocycles. The van der Waals surface area contributed by atoms with Crippen LogP contribution in [0.5, 0.6) is 0 Å². The summed E-state index contributed by atoms with van der Waals surface area (Å²) < 4.78 is 0. The highest BCUT2D eigenvalue weighted by Gasteiger charge is 2.40. The van der Waals surface area contributed by atoms with Crippen molar-refractivity contribution < 1.29 is 14.7 Å².